The first-order valence-corrected chi connectivity index (χ1v) is 5.69. The van der Waals surface area contributed by atoms with E-state index in [0.717, 1.165) is 5.56 Å². The molecule has 0 spiro atoms. The lowest BCUT2D eigenvalue weighted by molar-refractivity contribution is 0.209. The largest absolute Gasteiger partial charge is 0.382 e. The van der Waals surface area contributed by atoms with Gasteiger partial charge < -0.3 is 5.11 Å². The highest BCUT2D eigenvalue weighted by Gasteiger charge is 2.19. The minimum absolute atomic E-state index is 0.582. The number of aliphatic hydroxyl groups is 1. The summed E-state index contributed by atoms with van der Waals surface area (Å²) in [6, 6.07) is 1.88. The van der Waals surface area contributed by atoms with Crippen LogP contribution in [0.5, 0.6) is 0 Å². The van der Waals surface area contributed by atoms with E-state index in [1.807, 2.05) is 16.8 Å². The molecule has 74 valence electrons. The monoisotopic (exact) mass is 273 g/mol. The molecule has 2 aromatic heterocycles. The van der Waals surface area contributed by atoms with Crippen molar-refractivity contribution in [2.45, 2.75) is 6.10 Å². The summed E-state index contributed by atoms with van der Waals surface area (Å²) < 4.78 is 2.14. The number of nitrogens with zero attached hydrogens (tertiary/aromatic N) is 3. The third-order valence-corrected chi connectivity index (χ3v) is 3.21. The molecule has 0 aliphatic carbocycles. The maximum atomic E-state index is 10.0. The highest BCUT2D eigenvalue weighted by atomic mass is 79.9. The van der Waals surface area contributed by atoms with Crippen molar-refractivity contribution in [1.29, 1.82) is 0 Å². The van der Waals surface area contributed by atoms with Crippen LogP contribution in [0.15, 0.2) is 21.4 Å². The lowest BCUT2D eigenvalue weighted by Crippen LogP contribution is -2.06. The summed E-state index contributed by atoms with van der Waals surface area (Å²) in [4.78, 5) is 0. The van der Waals surface area contributed by atoms with E-state index in [1.54, 1.807) is 23.1 Å². The van der Waals surface area contributed by atoms with Gasteiger partial charge in [-0.25, -0.2) is 4.68 Å². The Morgan fingerprint density at radius 1 is 1.64 bits per heavy atom. The molecule has 14 heavy (non-hydrogen) atoms. The highest BCUT2D eigenvalue weighted by molar-refractivity contribution is 9.10. The molecule has 0 aliphatic rings. The Kier molecular flexibility index (Phi) is 2.66. The van der Waals surface area contributed by atoms with Crippen LogP contribution in [0.25, 0.3) is 0 Å². The van der Waals surface area contributed by atoms with Crippen molar-refractivity contribution in [2.75, 3.05) is 0 Å². The van der Waals surface area contributed by atoms with Gasteiger partial charge in [0.05, 0.1) is 0 Å². The second-order valence-electron chi connectivity index (χ2n) is 2.85. The van der Waals surface area contributed by atoms with Gasteiger partial charge in [-0.1, -0.05) is 5.21 Å². The summed E-state index contributed by atoms with van der Waals surface area (Å²) in [5, 5.41) is 21.5. The molecule has 1 N–H and O–H groups in total. The minimum atomic E-state index is -0.671. The van der Waals surface area contributed by atoms with E-state index in [4.69, 9.17) is 0 Å². The van der Waals surface area contributed by atoms with Gasteiger partial charge in [-0.05, 0) is 38.3 Å². The zero-order valence-electron chi connectivity index (χ0n) is 7.38. The molecule has 1 atom stereocenters. The Labute approximate surface area is 93.3 Å². The van der Waals surface area contributed by atoms with Crippen LogP contribution in [0.2, 0.25) is 0 Å². The van der Waals surface area contributed by atoms with Crippen LogP contribution >= 0.6 is 27.3 Å². The number of thiophene rings is 1. The van der Waals surface area contributed by atoms with Crippen LogP contribution in [0, 0.1) is 0 Å². The quantitative estimate of drug-likeness (QED) is 0.907. The first-order chi connectivity index (χ1) is 6.70. The van der Waals surface area contributed by atoms with E-state index in [2.05, 4.69) is 26.2 Å². The van der Waals surface area contributed by atoms with Crippen molar-refractivity contribution in [3.8, 4) is 0 Å². The van der Waals surface area contributed by atoms with Gasteiger partial charge >= 0.3 is 0 Å². The Bertz CT molecular complexity index is 406. The fourth-order valence-electron chi connectivity index (χ4n) is 1.22. The maximum absolute atomic E-state index is 10.0. The average molecular weight is 274 g/mol. The molecule has 0 bridgehead atoms. The zero-order chi connectivity index (χ0) is 10.1. The van der Waals surface area contributed by atoms with Gasteiger partial charge in [0.15, 0.2) is 4.60 Å². The first kappa shape index (κ1) is 9.82. The van der Waals surface area contributed by atoms with Gasteiger partial charge in [-0.2, -0.15) is 11.3 Å². The standard InChI is InChI=1S/C8H8BrN3OS/c1-12-6(8(9)10-11-12)7(13)5-2-3-14-4-5/h2-4,7,13H,1H3. The van der Waals surface area contributed by atoms with Gasteiger partial charge in [0.2, 0.25) is 0 Å². The highest BCUT2D eigenvalue weighted by Crippen LogP contribution is 2.27. The van der Waals surface area contributed by atoms with Gasteiger partial charge in [0, 0.05) is 7.05 Å². The third-order valence-electron chi connectivity index (χ3n) is 1.94. The normalized spacial score (nSPS) is 13.1. The second kappa shape index (κ2) is 3.80. The number of hydrogen-bond acceptors (Lipinski definition) is 4. The minimum Gasteiger partial charge on any atom is -0.382 e. The summed E-state index contributed by atoms with van der Waals surface area (Å²) in [5.41, 5.74) is 1.53. The van der Waals surface area contributed by atoms with Crippen molar-refractivity contribution in [3.63, 3.8) is 0 Å². The van der Waals surface area contributed by atoms with E-state index in [9.17, 15) is 5.11 Å². The molecule has 4 nitrogen and oxygen atoms in total. The molecule has 6 heteroatoms. The number of hydrogen-bond donors (Lipinski definition) is 1. The van der Waals surface area contributed by atoms with Gasteiger partial charge in [0.1, 0.15) is 11.8 Å². The zero-order valence-corrected chi connectivity index (χ0v) is 9.79. The molecule has 2 heterocycles. The van der Waals surface area contributed by atoms with Crippen LogP contribution in [0.1, 0.15) is 17.4 Å². The van der Waals surface area contributed by atoms with Crippen molar-refractivity contribution >= 4 is 27.3 Å². The molecule has 0 saturated carbocycles. The number of rotatable bonds is 2. The summed E-state index contributed by atoms with van der Waals surface area (Å²) in [5.74, 6) is 0. The van der Waals surface area contributed by atoms with Crippen molar-refractivity contribution in [2.24, 2.45) is 7.05 Å². The fourth-order valence-corrected chi connectivity index (χ4v) is 2.44. The molecule has 1 unspecified atom stereocenters. The van der Waals surface area contributed by atoms with E-state index in [1.165, 1.54) is 0 Å². The average Bonchev–Trinajstić information content (AvgIpc) is 2.75. The summed E-state index contributed by atoms with van der Waals surface area (Å²) in [7, 11) is 1.75. The number of aryl methyl sites for hydroxylation is 1. The molecule has 2 rings (SSSR count). The van der Waals surface area contributed by atoms with Crippen molar-refractivity contribution in [1.82, 2.24) is 15.0 Å². The lowest BCUT2D eigenvalue weighted by Gasteiger charge is -2.08. The summed E-state index contributed by atoms with van der Waals surface area (Å²) >= 11 is 4.80. The fraction of sp³-hybridized carbons (Fsp3) is 0.250. The molecule has 0 amide bonds. The summed E-state index contributed by atoms with van der Waals surface area (Å²) in [6.07, 6.45) is -0.671. The van der Waals surface area contributed by atoms with Crippen LogP contribution in [-0.4, -0.2) is 20.1 Å². The molecule has 0 fully saturated rings. The van der Waals surface area contributed by atoms with Crippen molar-refractivity contribution < 1.29 is 5.11 Å². The smallest absolute Gasteiger partial charge is 0.154 e. The molecular formula is C8H8BrN3OS. The summed E-state index contributed by atoms with van der Waals surface area (Å²) in [6.45, 7) is 0. The SMILES string of the molecule is Cn1nnc(Br)c1C(O)c1ccsc1. The van der Waals surface area contributed by atoms with E-state index < -0.39 is 6.10 Å². The first-order valence-electron chi connectivity index (χ1n) is 3.95. The predicted octanol–water partition coefficient (Wildman–Crippen LogP) is 1.72. The lowest BCUT2D eigenvalue weighted by atomic mass is 10.1. The predicted molar refractivity (Wildman–Crippen MR) is 57.1 cm³/mol. The molecule has 0 radical (unpaired) electrons. The number of aliphatic hydroxyl groups excluding tert-OH is 1. The van der Waals surface area contributed by atoms with Crippen LogP contribution in [0.4, 0.5) is 0 Å². The van der Waals surface area contributed by atoms with Crippen LogP contribution < -0.4 is 0 Å². The van der Waals surface area contributed by atoms with Gasteiger partial charge in [-0.3, -0.25) is 0 Å². The van der Waals surface area contributed by atoms with Crippen LogP contribution in [0.3, 0.4) is 0 Å². The molecule has 0 aliphatic heterocycles. The van der Waals surface area contributed by atoms with Gasteiger partial charge in [-0.15, -0.1) is 5.10 Å². The van der Waals surface area contributed by atoms with E-state index >= 15 is 0 Å². The Morgan fingerprint density at radius 3 is 2.93 bits per heavy atom. The van der Waals surface area contributed by atoms with E-state index in [0.29, 0.717) is 10.3 Å². The molecule has 0 saturated heterocycles. The maximum Gasteiger partial charge on any atom is 0.154 e. The Hall–Kier alpha value is -0.720. The van der Waals surface area contributed by atoms with Gasteiger partial charge in [0.25, 0.3) is 0 Å². The molecule has 2 aromatic rings. The Morgan fingerprint density at radius 2 is 2.43 bits per heavy atom. The Balaban J connectivity index is 2.41. The second-order valence-corrected chi connectivity index (χ2v) is 4.38. The molecule has 0 aromatic carbocycles. The third kappa shape index (κ3) is 1.60. The van der Waals surface area contributed by atoms with Crippen molar-refractivity contribution in [3.05, 3.63) is 32.7 Å². The topological polar surface area (TPSA) is 50.9 Å². The molecular weight excluding hydrogens is 266 g/mol. The van der Waals surface area contributed by atoms with E-state index in [-0.39, 0.29) is 0 Å². The van der Waals surface area contributed by atoms with Crippen LogP contribution in [-0.2, 0) is 7.05 Å². The number of halogens is 1. The number of aromatic nitrogens is 3.